The molecule has 0 radical (unpaired) electrons. The smallest absolute Gasteiger partial charge is 0.295 e. The molecule has 0 atom stereocenters. The zero-order valence-corrected chi connectivity index (χ0v) is 17.0. The van der Waals surface area contributed by atoms with Crippen molar-refractivity contribution in [1.29, 1.82) is 5.26 Å². The van der Waals surface area contributed by atoms with Gasteiger partial charge in [-0.05, 0) is 50.2 Å². The highest BCUT2D eigenvalue weighted by Crippen LogP contribution is 2.21. The van der Waals surface area contributed by atoms with E-state index in [-0.39, 0.29) is 31.3 Å². The molecule has 0 aliphatic carbocycles. The number of amidine groups is 1. The van der Waals surface area contributed by atoms with Crippen LogP contribution in [0, 0.1) is 18.3 Å². The Morgan fingerprint density at radius 1 is 1.23 bits per heavy atom. The van der Waals surface area contributed by atoms with Crippen LogP contribution in [0.3, 0.4) is 0 Å². The minimum atomic E-state index is -0.418. The summed E-state index contributed by atoms with van der Waals surface area (Å²) in [5.41, 5.74) is 5.13. The first kappa shape index (κ1) is 20.9. The standard InChI is InChI=1S/C22H23N5O3/c1-3-30-19-11-9-17(10-12-19)26(14-4-13-23)22(29)21-24-15-20(28)27(25-21)18-7-5-16(2)6-8-18/h5-12H,3-4,14-15H2,1-2H3,(H,24,25). The largest absolute Gasteiger partial charge is 0.494 e. The highest BCUT2D eigenvalue weighted by Gasteiger charge is 2.29. The quantitative estimate of drug-likeness (QED) is 0.764. The molecule has 0 bridgehead atoms. The number of nitrogens with zero attached hydrogens (tertiary/aromatic N) is 4. The van der Waals surface area contributed by atoms with Crippen LogP contribution in [0.1, 0.15) is 18.9 Å². The Labute approximate surface area is 175 Å². The molecule has 2 aromatic carbocycles. The second kappa shape index (κ2) is 9.56. The minimum Gasteiger partial charge on any atom is -0.494 e. The number of hydrogen-bond donors (Lipinski definition) is 1. The second-order valence-electron chi connectivity index (χ2n) is 6.63. The number of hydrazine groups is 1. The summed E-state index contributed by atoms with van der Waals surface area (Å²) in [7, 11) is 0. The van der Waals surface area contributed by atoms with E-state index in [9.17, 15) is 9.59 Å². The predicted octanol–water partition coefficient (Wildman–Crippen LogP) is 2.59. The van der Waals surface area contributed by atoms with Crippen molar-refractivity contribution < 1.29 is 14.3 Å². The number of nitriles is 1. The van der Waals surface area contributed by atoms with Gasteiger partial charge in [0.2, 0.25) is 5.84 Å². The van der Waals surface area contributed by atoms with Gasteiger partial charge in [-0.2, -0.15) is 5.26 Å². The number of aryl methyl sites for hydroxylation is 1. The molecule has 0 unspecified atom stereocenters. The molecule has 1 heterocycles. The maximum Gasteiger partial charge on any atom is 0.295 e. The highest BCUT2D eigenvalue weighted by molar-refractivity contribution is 6.44. The molecule has 8 heteroatoms. The van der Waals surface area contributed by atoms with E-state index in [2.05, 4.69) is 16.5 Å². The molecule has 8 nitrogen and oxygen atoms in total. The van der Waals surface area contributed by atoms with Crippen LogP contribution in [-0.2, 0) is 9.59 Å². The summed E-state index contributed by atoms with van der Waals surface area (Å²) in [5, 5.41) is 10.3. The summed E-state index contributed by atoms with van der Waals surface area (Å²) < 4.78 is 5.45. The van der Waals surface area contributed by atoms with Crippen LogP contribution in [0.15, 0.2) is 53.5 Å². The second-order valence-corrected chi connectivity index (χ2v) is 6.63. The van der Waals surface area contributed by atoms with Crippen LogP contribution in [0.5, 0.6) is 5.75 Å². The normalized spacial score (nSPS) is 13.2. The van der Waals surface area contributed by atoms with Crippen LogP contribution >= 0.6 is 0 Å². The van der Waals surface area contributed by atoms with Crippen molar-refractivity contribution in [1.82, 2.24) is 5.43 Å². The number of hydrogen-bond acceptors (Lipinski definition) is 6. The zero-order chi connectivity index (χ0) is 21.5. The van der Waals surface area contributed by atoms with Gasteiger partial charge in [-0.25, -0.2) is 5.01 Å². The molecule has 0 fully saturated rings. The Balaban J connectivity index is 1.83. The lowest BCUT2D eigenvalue weighted by Gasteiger charge is -2.30. The number of carbonyl (C=O) groups excluding carboxylic acids is 2. The molecule has 1 aliphatic heterocycles. The average molecular weight is 405 g/mol. The van der Waals surface area contributed by atoms with Crippen molar-refractivity contribution in [2.24, 2.45) is 4.99 Å². The fraction of sp³-hybridized carbons (Fsp3) is 0.273. The van der Waals surface area contributed by atoms with Gasteiger partial charge >= 0.3 is 0 Å². The lowest BCUT2D eigenvalue weighted by molar-refractivity contribution is -0.118. The molecule has 154 valence electrons. The van der Waals surface area contributed by atoms with Gasteiger partial charge in [-0.1, -0.05) is 17.7 Å². The van der Waals surface area contributed by atoms with E-state index >= 15 is 0 Å². The van der Waals surface area contributed by atoms with E-state index < -0.39 is 5.91 Å². The van der Waals surface area contributed by atoms with Gasteiger partial charge in [-0.3, -0.25) is 20.0 Å². The molecular formula is C22H23N5O3. The summed E-state index contributed by atoms with van der Waals surface area (Å²) in [5.74, 6) is 0.0549. The first-order chi connectivity index (χ1) is 14.5. The summed E-state index contributed by atoms with van der Waals surface area (Å²) in [6.07, 6.45) is 0.160. The molecule has 0 aromatic heterocycles. The molecule has 2 aromatic rings. The Morgan fingerprint density at radius 3 is 2.57 bits per heavy atom. The summed E-state index contributed by atoms with van der Waals surface area (Å²) in [6, 6.07) is 16.5. The average Bonchev–Trinajstić information content (AvgIpc) is 2.76. The van der Waals surface area contributed by atoms with Crippen LogP contribution in [-0.4, -0.2) is 37.3 Å². The number of aliphatic imine (C=N–C) groups is 1. The van der Waals surface area contributed by atoms with Crippen molar-refractivity contribution >= 4 is 29.0 Å². The van der Waals surface area contributed by atoms with Gasteiger partial charge in [0, 0.05) is 12.2 Å². The maximum absolute atomic E-state index is 13.2. The molecule has 1 N–H and O–H groups in total. The Morgan fingerprint density at radius 2 is 1.93 bits per heavy atom. The van der Waals surface area contributed by atoms with E-state index in [1.54, 1.807) is 36.4 Å². The Hall–Kier alpha value is -3.86. The van der Waals surface area contributed by atoms with Gasteiger partial charge < -0.3 is 9.64 Å². The number of anilines is 2. The van der Waals surface area contributed by atoms with Crippen LogP contribution in [0.4, 0.5) is 11.4 Å². The fourth-order valence-corrected chi connectivity index (χ4v) is 2.97. The first-order valence-electron chi connectivity index (χ1n) is 9.66. The van der Waals surface area contributed by atoms with E-state index in [4.69, 9.17) is 10.00 Å². The Bertz CT molecular complexity index is 977. The molecule has 0 saturated heterocycles. The van der Waals surface area contributed by atoms with Gasteiger partial charge in [0.25, 0.3) is 11.8 Å². The number of ether oxygens (including phenoxy) is 1. The van der Waals surface area contributed by atoms with E-state index in [0.29, 0.717) is 23.7 Å². The third-order valence-electron chi connectivity index (χ3n) is 4.49. The molecule has 30 heavy (non-hydrogen) atoms. The number of rotatable bonds is 7. The molecule has 3 rings (SSSR count). The molecule has 1 aliphatic rings. The van der Waals surface area contributed by atoms with E-state index in [1.807, 2.05) is 26.0 Å². The first-order valence-corrected chi connectivity index (χ1v) is 9.66. The maximum atomic E-state index is 13.2. The predicted molar refractivity (Wildman–Crippen MR) is 114 cm³/mol. The summed E-state index contributed by atoms with van der Waals surface area (Å²) >= 11 is 0. The molecular weight excluding hydrogens is 382 g/mol. The van der Waals surface area contributed by atoms with E-state index in [1.165, 1.54) is 9.91 Å². The van der Waals surface area contributed by atoms with Crippen molar-refractivity contribution in [3.63, 3.8) is 0 Å². The monoisotopic (exact) mass is 405 g/mol. The molecule has 0 spiro atoms. The SMILES string of the molecule is CCOc1ccc(N(CCC#N)C(=O)C2=NCC(=O)N(c3ccc(C)cc3)N2)cc1. The fourth-order valence-electron chi connectivity index (χ4n) is 2.97. The summed E-state index contributed by atoms with van der Waals surface area (Å²) in [6.45, 7) is 4.44. The van der Waals surface area contributed by atoms with Crippen LogP contribution in [0.25, 0.3) is 0 Å². The molecule has 0 saturated carbocycles. The third kappa shape index (κ3) is 4.75. The van der Waals surface area contributed by atoms with Gasteiger partial charge in [0.15, 0.2) is 0 Å². The highest BCUT2D eigenvalue weighted by atomic mass is 16.5. The Kier molecular flexibility index (Phi) is 6.65. The van der Waals surface area contributed by atoms with Crippen molar-refractivity contribution in [2.45, 2.75) is 20.3 Å². The van der Waals surface area contributed by atoms with Gasteiger partial charge in [0.05, 0.1) is 24.8 Å². The lowest BCUT2D eigenvalue weighted by atomic mass is 10.2. The van der Waals surface area contributed by atoms with Crippen molar-refractivity contribution in [2.75, 3.05) is 29.6 Å². The topological polar surface area (TPSA) is 98.0 Å². The van der Waals surface area contributed by atoms with Gasteiger partial charge in [0.1, 0.15) is 12.3 Å². The third-order valence-corrected chi connectivity index (χ3v) is 4.49. The summed E-state index contributed by atoms with van der Waals surface area (Å²) in [4.78, 5) is 31.1. The number of amides is 2. The van der Waals surface area contributed by atoms with Gasteiger partial charge in [-0.15, -0.1) is 0 Å². The van der Waals surface area contributed by atoms with Crippen molar-refractivity contribution in [3.8, 4) is 11.8 Å². The lowest BCUT2D eigenvalue weighted by Crippen LogP contribution is -2.56. The van der Waals surface area contributed by atoms with Crippen LogP contribution < -0.4 is 20.1 Å². The van der Waals surface area contributed by atoms with Crippen molar-refractivity contribution in [3.05, 3.63) is 54.1 Å². The van der Waals surface area contributed by atoms with Crippen LogP contribution in [0.2, 0.25) is 0 Å². The number of nitrogens with one attached hydrogen (secondary N) is 1. The minimum absolute atomic E-state index is 0.0435. The molecule has 2 amide bonds. The zero-order valence-electron chi connectivity index (χ0n) is 17.0. The number of carbonyl (C=O) groups is 2. The van der Waals surface area contributed by atoms with E-state index in [0.717, 1.165) is 5.56 Å². The number of benzene rings is 2.